The van der Waals surface area contributed by atoms with Crippen LogP contribution in [-0.4, -0.2) is 37.0 Å². The second kappa shape index (κ2) is 7.55. The molecule has 1 heterocycles. The molecule has 2 aromatic rings. The molecule has 0 bridgehead atoms. The summed E-state index contributed by atoms with van der Waals surface area (Å²) < 4.78 is 65.4. The van der Waals surface area contributed by atoms with E-state index in [1.807, 2.05) is 25.1 Å². The summed E-state index contributed by atoms with van der Waals surface area (Å²) in [5.41, 5.74) is 2.13. The summed E-state index contributed by atoms with van der Waals surface area (Å²) >= 11 is 6.08. The molecule has 3 nitrogen and oxygen atoms in total. The molecule has 0 radical (unpaired) electrons. The van der Waals surface area contributed by atoms with Crippen molar-refractivity contribution in [3.63, 3.8) is 0 Å². The molecule has 2 aromatic carbocycles. The number of carbonyl (C=O) groups is 1. The third kappa shape index (κ3) is 5.83. The molecule has 3 rings (SSSR count). The van der Waals surface area contributed by atoms with Crippen molar-refractivity contribution in [3.8, 4) is 0 Å². The van der Waals surface area contributed by atoms with Gasteiger partial charge in [-0.05, 0) is 48.2 Å². The lowest BCUT2D eigenvalue weighted by Gasteiger charge is -2.40. The number of piperazine rings is 1. The predicted octanol–water partition coefficient (Wildman–Crippen LogP) is 7.15. The Balaban J connectivity index is 1.64. The first-order valence-corrected chi connectivity index (χ1v) is 12.1. The van der Waals surface area contributed by atoms with Crippen LogP contribution in [0.4, 0.5) is 25.1 Å². The fourth-order valence-corrected chi connectivity index (χ4v) is 4.55. The minimum Gasteiger partial charge on any atom is -0.368 e. The van der Waals surface area contributed by atoms with Crippen LogP contribution < -0.4 is 4.90 Å². The van der Waals surface area contributed by atoms with Crippen LogP contribution in [0.1, 0.15) is 30.4 Å². The van der Waals surface area contributed by atoms with E-state index in [1.165, 1.54) is 6.07 Å². The number of aryl methyl sites for hydroxylation is 1. The Morgan fingerprint density at radius 3 is 2.29 bits per heavy atom. The minimum absolute atomic E-state index is 0.0556. The quantitative estimate of drug-likeness (QED) is 0.422. The molecule has 1 aliphatic rings. The standard InChI is InChI=1S/C21H24ClF5N2OS/c1-15-6-7-18(22)14-20(15)28-8-10-29(11-9-28)21(30)12-16(2)17-4-3-5-19(13-17)31(23,24,25,26)27/h3-7,13-14,16H,8-12H2,1-2H3. The molecule has 0 saturated carbocycles. The van der Waals surface area contributed by atoms with Crippen molar-refractivity contribution in [1.82, 2.24) is 4.90 Å². The van der Waals surface area contributed by atoms with Crippen molar-refractivity contribution in [2.75, 3.05) is 31.1 Å². The number of anilines is 1. The molecule has 1 atom stereocenters. The van der Waals surface area contributed by atoms with Crippen LogP contribution in [-0.2, 0) is 4.79 Å². The van der Waals surface area contributed by atoms with Gasteiger partial charge in [-0.25, -0.2) is 0 Å². The van der Waals surface area contributed by atoms with Gasteiger partial charge in [0.25, 0.3) is 0 Å². The molecular weight excluding hydrogens is 459 g/mol. The number of benzene rings is 2. The smallest absolute Gasteiger partial charge is 0.310 e. The first kappa shape index (κ1) is 23.7. The maximum Gasteiger partial charge on any atom is 0.310 e. The minimum atomic E-state index is -9.76. The van der Waals surface area contributed by atoms with E-state index in [0.29, 0.717) is 43.3 Å². The normalized spacial score (nSPS) is 18.3. The summed E-state index contributed by atoms with van der Waals surface area (Å²) in [5, 5.41) is 0.627. The highest BCUT2D eigenvalue weighted by Crippen LogP contribution is 3.02. The second-order valence-electron chi connectivity index (χ2n) is 7.95. The van der Waals surface area contributed by atoms with E-state index in [1.54, 1.807) is 11.8 Å². The Morgan fingerprint density at radius 1 is 1.03 bits per heavy atom. The molecule has 1 aliphatic heterocycles. The summed E-state index contributed by atoms with van der Waals surface area (Å²) in [6.45, 7) is 5.66. The highest BCUT2D eigenvalue weighted by Gasteiger charge is 2.65. The van der Waals surface area contributed by atoms with Crippen LogP contribution in [0.5, 0.6) is 0 Å². The van der Waals surface area contributed by atoms with Gasteiger partial charge in [-0.3, -0.25) is 4.79 Å². The Bertz CT molecular complexity index is 992. The van der Waals surface area contributed by atoms with Gasteiger partial charge in [0.1, 0.15) is 4.90 Å². The lowest BCUT2D eigenvalue weighted by atomic mass is 9.97. The zero-order chi connectivity index (χ0) is 23.1. The average molecular weight is 483 g/mol. The van der Waals surface area contributed by atoms with Gasteiger partial charge >= 0.3 is 10.2 Å². The lowest BCUT2D eigenvalue weighted by Crippen LogP contribution is -2.49. The van der Waals surface area contributed by atoms with E-state index in [0.717, 1.165) is 17.3 Å². The fraction of sp³-hybridized carbons (Fsp3) is 0.381. The monoisotopic (exact) mass is 482 g/mol. The van der Waals surface area contributed by atoms with Gasteiger partial charge in [-0.2, -0.15) is 0 Å². The first-order valence-electron chi connectivity index (χ1n) is 9.77. The van der Waals surface area contributed by atoms with Gasteiger partial charge in [-0.15, -0.1) is 0 Å². The predicted molar refractivity (Wildman–Crippen MR) is 116 cm³/mol. The third-order valence-corrected chi connectivity index (χ3v) is 6.88. The highest BCUT2D eigenvalue weighted by molar-refractivity contribution is 8.45. The molecule has 1 fully saturated rings. The number of hydrogen-bond donors (Lipinski definition) is 0. The van der Waals surface area contributed by atoms with Gasteiger partial charge in [0.05, 0.1) is 0 Å². The largest absolute Gasteiger partial charge is 0.368 e. The Labute approximate surface area is 183 Å². The van der Waals surface area contributed by atoms with E-state index >= 15 is 0 Å². The van der Waals surface area contributed by atoms with Crippen LogP contribution in [0, 0.1) is 6.92 Å². The molecule has 0 N–H and O–H groups in total. The van der Waals surface area contributed by atoms with Crippen LogP contribution in [0.15, 0.2) is 47.4 Å². The molecule has 10 heteroatoms. The topological polar surface area (TPSA) is 23.6 Å². The number of nitrogens with zero attached hydrogens (tertiary/aromatic N) is 2. The van der Waals surface area contributed by atoms with Gasteiger partial charge < -0.3 is 9.80 Å². The zero-order valence-corrected chi connectivity index (χ0v) is 18.7. The average Bonchev–Trinajstić information content (AvgIpc) is 2.68. The number of halogens is 6. The molecule has 0 aromatic heterocycles. The van der Waals surface area contributed by atoms with Crippen molar-refractivity contribution in [1.29, 1.82) is 0 Å². The Morgan fingerprint density at radius 2 is 1.68 bits per heavy atom. The molecule has 0 aliphatic carbocycles. The first-order chi connectivity index (χ1) is 14.1. The van der Waals surface area contributed by atoms with Crippen molar-refractivity contribution >= 4 is 33.4 Å². The molecule has 1 amide bonds. The molecule has 172 valence electrons. The molecule has 0 spiro atoms. The summed E-state index contributed by atoms with van der Waals surface area (Å²) in [4.78, 5) is 14.5. The molecule has 1 saturated heterocycles. The van der Waals surface area contributed by atoms with E-state index < -0.39 is 21.0 Å². The summed E-state index contributed by atoms with van der Waals surface area (Å²) in [5.74, 6) is -0.840. The van der Waals surface area contributed by atoms with Crippen molar-refractivity contribution in [2.24, 2.45) is 0 Å². The number of rotatable bonds is 5. The van der Waals surface area contributed by atoms with Gasteiger partial charge in [0.2, 0.25) is 5.91 Å². The summed E-state index contributed by atoms with van der Waals surface area (Å²) in [7, 11) is -9.76. The maximum atomic E-state index is 13.1. The van der Waals surface area contributed by atoms with E-state index in [4.69, 9.17) is 11.6 Å². The van der Waals surface area contributed by atoms with Crippen LogP contribution in [0.25, 0.3) is 0 Å². The maximum absolute atomic E-state index is 13.1. The summed E-state index contributed by atoms with van der Waals surface area (Å²) in [6, 6.07) is 8.74. The van der Waals surface area contributed by atoms with E-state index in [-0.39, 0.29) is 17.9 Å². The van der Waals surface area contributed by atoms with Crippen molar-refractivity contribution < 1.29 is 24.2 Å². The van der Waals surface area contributed by atoms with Gasteiger partial charge in [0, 0.05) is 43.3 Å². The summed E-state index contributed by atoms with van der Waals surface area (Å²) in [6.07, 6.45) is -0.0556. The Hall–Kier alpha value is -2.00. The van der Waals surface area contributed by atoms with Gasteiger partial charge in [-0.1, -0.05) is 56.2 Å². The van der Waals surface area contributed by atoms with E-state index in [2.05, 4.69) is 4.90 Å². The van der Waals surface area contributed by atoms with Crippen LogP contribution >= 0.6 is 21.8 Å². The second-order valence-corrected chi connectivity index (χ2v) is 10.8. The molecular formula is C21H24ClF5N2OS. The molecule has 1 unspecified atom stereocenters. The van der Waals surface area contributed by atoms with Crippen LogP contribution in [0.2, 0.25) is 5.02 Å². The number of amides is 1. The zero-order valence-electron chi connectivity index (χ0n) is 17.1. The number of hydrogen-bond acceptors (Lipinski definition) is 2. The SMILES string of the molecule is Cc1ccc(Cl)cc1N1CCN(C(=O)CC(C)c2cccc(S(F)(F)(F)(F)F)c2)CC1. The van der Waals surface area contributed by atoms with Crippen molar-refractivity contribution in [2.45, 2.75) is 31.1 Å². The van der Waals surface area contributed by atoms with Crippen molar-refractivity contribution in [3.05, 3.63) is 58.6 Å². The Kier molecular flexibility index (Phi) is 5.76. The third-order valence-electron chi connectivity index (χ3n) is 5.50. The molecule has 31 heavy (non-hydrogen) atoms. The van der Waals surface area contributed by atoms with E-state index in [9.17, 15) is 24.2 Å². The van der Waals surface area contributed by atoms with Crippen LogP contribution in [0.3, 0.4) is 0 Å². The highest BCUT2D eigenvalue weighted by atomic mass is 35.5. The number of carbonyl (C=O) groups excluding carboxylic acids is 1. The lowest BCUT2D eigenvalue weighted by molar-refractivity contribution is -0.131. The van der Waals surface area contributed by atoms with Gasteiger partial charge in [0.15, 0.2) is 0 Å². The fourth-order valence-electron chi connectivity index (χ4n) is 3.69.